The zero-order chi connectivity index (χ0) is 45.4. The van der Waals surface area contributed by atoms with Gasteiger partial charge >= 0.3 is 6.09 Å². The van der Waals surface area contributed by atoms with Crippen LogP contribution in [0.2, 0.25) is 0 Å². The lowest BCUT2D eigenvalue weighted by Crippen LogP contribution is -2.56. The molecule has 4 aromatic rings. The van der Waals surface area contributed by atoms with Crippen LogP contribution in [-0.4, -0.2) is 95.1 Å². The van der Waals surface area contributed by atoms with Gasteiger partial charge in [0.15, 0.2) is 0 Å². The van der Waals surface area contributed by atoms with Crippen LogP contribution in [0, 0.1) is 17.0 Å². The number of ether oxygens (including phenoxy) is 1. The predicted molar refractivity (Wildman–Crippen MR) is 225 cm³/mol. The van der Waals surface area contributed by atoms with Crippen molar-refractivity contribution in [1.82, 2.24) is 30.7 Å². The first kappa shape index (κ1) is 48.0. The van der Waals surface area contributed by atoms with Gasteiger partial charge in [0.2, 0.25) is 29.5 Å². The molecule has 0 fully saturated rings. The van der Waals surface area contributed by atoms with Crippen LogP contribution in [0.15, 0.2) is 91.1 Å². The van der Waals surface area contributed by atoms with Gasteiger partial charge in [-0.15, -0.1) is 0 Å². The van der Waals surface area contributed by atoms with Gasteiger partial charge in [-0.1, -0.05) is 81.4 Å². The number of alkyl carbamates (subject to hydrolysis) is 1. The van der Waals surface area contributed by atoms with Gasteiger partial charge in [0.05, 0.1) is 19.0 Å². The summed E-state index contributed by atoms with van der Waals surface area (Å²) >= 11 is 0. The molecule has 0 saturated heterocycles. The maximum atomic E-state index is 15.2. The van der Waals surface area contributed by atoms with E-state index in [4.69, 9.17) is 16.2 Å². The van der Waals surface area contributed by atoms with Gasteiger partial charge in [0, 0.05) is 49.2 Å². The lowest BCUT2D eigenvalue weighted by atomic mass is 9.82. The Morgan fingerprint density at radius 3 is 2.10 bits per heavy atom. The lowest BCUT2D eigenvalue weighted by molar-refractivity contribution is -0.140. The monoisotopic (exact) mass is 860 g/mol. The van der Waals surface area contributed by atoms with Crippen LogP contribution in [0.3, 0.4) is 0 Å². The number of rotatable bonds is 21. The van der Waals surface area contributed by atoms with Crippen LogP contribution in [0.4, 0.5) is 13.6 Å². The summed E-state index contributed by atoms with van der Waals surface area (Å²) in [5.41, 5.74) is 12.3. The highest BCUT2D eigenvalue weighted by Crippen LogP contribution is 2.41. The molecule has 0 saturated carbocycles. The van der Waals surface area contributed by atoms with Gasteiger partial charge in [-0.25, -0.2) is 13.6 Å². The molecule has 3 aromatic carbocycles. The lowest BCUT2D eigenvalue weighted by Gasteiger charge is -2.41. The van der Waals surface area contributed by atoms with E-state index < -0.39 is 83.8 Å². The number of carbonyl (C=O) groups is 6. The fraction of sp³-hybridized carbons (Fsp3) is 0.364. The number of aromatic nitrogens is 1. The standard InChI is InChI=1S/C44H54F2N8O8/c1-44(2,3)40(36-20-30(32-21-31(45)14-15-33(32)46)25-53(36)24-28-10-6-4-7-11-28)54(39(58)26-55)19-16-34(41(59)50-18-17-49-38(57)23-47)51-42(60)35(22-37(48)56)52-43(61)62-27-29-12-8-5-9-13-29/h4-15,20-21,25,34-35,40,55H,16-19,22-24,26-27,47H2,1-3H3,(H2,48,56)(H,49,57)(H,50,59)(H,51,60)(H,52,61)/t34-,35-,40-/m0/s1. The average Bonchev–Trinajstić information content (AvgIpc) is 3.64. The van der Waals surface area contributed by atoms with E-state index in [9.17, 15) is 38.3 Å². The summed E-state index contributed by atoms with van der Waals surface area (Å²) in [5, 5.41) is 20.3. The summed E-state index contributed by atoms with van der Waals surface area (Å²) in [6.45, 7) is 4.02. The highest BCUT2D eigenvalue weighted by atomic mass is 19.1. The van der Waals surface area contributed by atoms with E-state index in [0.29, 0.717) is 16.8 Å². The molecule has 6 amide bonds. The number of nitrogens with two attached hydrogens (primary N) is 2. The van der Waals surface area contributed by atoms with Crippen LogP contribution >= 0.6 is 0 Å². The van der Waals surface area contributed by atoms with Crippen LogP contribution in [0.1, 0.15) is 56.5 Å². The molecule has 0 radical (unpaired) electrons. The Bertz CT molecular complexity index is 2160. The molecule has 62 heavy (non-hydrogen) atoms. The van der Waals surface area contributed by atoms with Crippen molar-refractivity contribution in [3.63, 3.8) is 0 Å². The van der Waals surface area contributed by atoms with Crippen molar-refractivity contribution in [2.45, 2.75) is 64.9 Å². The summed E-state index contributed by atoms with van der Waals surface area (Å²) in [6, 6.07) is 18.8. The van der Waals surface area contributed by atoms with Gasteiger partial charge < -0.3 is 52.0 Å². The third-order valence-corrected chi connectivity index (χ3v) is 9.68. The van der Waals surface area contributed by atoms with E-state index in [1.54, 1.807) is 47.2 Å². The molecule has 0 unspecified atom stereocenters. The third kappa shape index (κ3) is 14.2. The fourth-order valence-corrected chi connectivity index (χ4v) is 6.81. The number of halogens is 2. The van der Waals surface area contributed by atoms with Crippen LogP contribution in [0.5, 0.6) is 0 Å². The Kier molecular flexibility index (Phi) is 17.7. The highest BCUT2D eigenvalue weighted by molar-refractivity contribution is 5.94. The Balaban J connectivity index is 1.70. The number of amides is 6. The Labute approximate surface area is 358 Å². The fourth-order valence-electron chi connectivity index (χ4n) is 6.81. The van der Waals surface area contributed by atoms with E-state index in [1.165, 1.54) is 4.90 Å². The van der Waals surface area contributed by atoms with Gasteiger partial charge in [0.25, 0.3) is 0 Å². The number of aliphatic hydroxyl groups excluding tert-OH is 1. The minimum absolute atomic E-state index is 0.0177. The zero-order valence-corrected chi connectivity index (χ0v) is 34.9. The Morgan fingerprint density at radius 2 is 1.48 bits per heavy atom. The summed E-state index contributed by atoms with van der Waals surface area (Å²) < 4.78 is 36.8. The second-order valence-electron chi connectivity index (χ2n) is 15.5. The van der Waals surface area contributed by atoms with Crippen molar-refractivity contribution in [3.8, 4) is 11.1 Å². The molecular weight excluding hydrogens is 807 g/mol. The Morgan fingerprint density at radius 1 is 0.839 bits per heavy atom. The molecule has 16 nitrogen and oxygen atoms in total. The SMILES string of the molecule is CC(C)(C)[C@H](c1cc(-c2cc(F)ccc2F)cn1Cc1ccccc1)N(CC[C@H](NC(=O)[C@H](CC(N)=O)NC(=O)OCc1ccccc1)C(=O)NCCNC(=O)CN)C(=O)CO. The molecule has 4 rings (SSSR count). The second kappa shape index (κ2) is 22.8. The summed E-state index contributed by atoms with van der Waals surface area (Å²) in [5.74, 6) is -5.25. The highest BCUT2D eigenvalue weighted by Gasteiger charge is 2.38. The smallest absolute Gasteiger partial charge is 0.408 e. The van der Waals surface area contributed by atoms with Gasteiger partial charge in [0.1, 0.15) is 36.9 Å². The van der Waals surface area contributed by atoms with Crippen molar-refractivity contribution < 1.29 is 47.4 Å². The molecular formula is C44H54F2N8O8. The third-order valence-electron chi connectivity index (χ3n) is 9.68. The number of nitrogens with one attached hydrogen (secondary N) is 4. The molecule has 3 atom stereocenters. The molecule has 9 N–H and O–H groups in total. The van der Waals surface area contributed by atoms with E-state index in [1.807, 2.05) is 51.1 Å². The molecule has 0 aliphatic rings. The predicted octanol–water partition coefficient (Wildman–Crippen LogP) is 2.63. The van der Waals surface area contributed by atoms with E-state index in [0.717, 1.165) is 23.8 Å². The van der Waals surface area contributed by atoms with E-state index in [2.05, 4.69) is 21.3 Å². The summed E-state index contributed by atoms with van der Waals surface area (Å²) in [4.78, 5) is 79.3. The first-order valence-electron chi connectivity index (χ1n) is 19.9. The average molecular weight is 861 g/mol. The number of aliphatic hydroxyl groups is 1. The van der Waals surface area contributed by atoms with Gasteiger partial charge in [-0.3, -0.25) is 24.0 Å². The van der Waals surface area contributed by atoms with Crippen LogP contribution < -0.4 is 32.7 Å². The molecule has 1 heterocycles. The summed E-state index contributed by atoms with van der Waals surface area (Å²) in [6.07, 6.45) is -0.343. The van der Waals surface area contributed by atoms with Crippen molar-refractivity contribution in [1.29, 1.82) is 0 Å². The van der Waals surface area contributed by atoms with Gasteiger partial charge in [-0.05, 0) is 47.2 Å². The minimum atomic E-state index is -1.59. The number of carbonyl (C=O) groups excluding carboxylic acids is 6. The minimum Gasteiger partial charge on any atom is -0.445 e. The Hall–Kier alpha value is -6.66. The van der Waals surface area contributed by atoms with Crippen LogP contribution in [-0.2, 0) is 41.9 Å². The zero-order valence-electron chi connectivity index (χ0n) is 34.9. The normalized spacial score (nSPS) is 12.6. The quantitative estimate of drug-likeness (QED) is 0.0609. The van der Waals surface area contributed by atoms with E-state index >= 15 is 4.39 Å². The maximum absolute atomic E-state index is 15.2. The first-order chi connectivity index (χ1) is 29.5. The molecule has 0 aliphatic heterocycles. The van der Waals surface area contributed by atoms with Gasteiger partial charge in [-0.2, -0.15) is 0 Å². The molecule has 332 valence electrons. The number of primary amides is 1. The number of benzene rings is 3. The number of hydrogen-bond donors (Lipinski definition) is 7. The van der Waals surface area contributed by atoms with Crippen molar-refractivity contribution in [2.75, 3.05) is 32.8 Å². The maximum Gasteiger partial charge on any atom is 0.408 e. The topological polar surface area (TPSA) is 240 Å². The molecule has 1 aromatic heterocycles. The summed E-state index contributed by atoms with van der Waals surface area (Å²) in [7, 11) is 0. The number of nitrogens with zero attached hydrogens (tertiary/aromatic N) is 2. The van der Waals surface area contributed by atoms with Crippen LogP contribution in [0.25, 0.3) is 11.1 Å². The molecule has 0 bridgehead atoms. The van der Waals surface area contributed by atoms with E-state index in [-0.39, 0.29) is 51.3 Å². The first-order valence-corrected chi connectivity index (χ1v) is 19.9. The number of hydrogen-bond acceptors (Lipinski definition) is 9. The molecule has 18 heteroatoms. The van der Waals surface area contributed by atoms with Crippen molar-refractivity contribution in [3.05, 3.63) is 120 Å². The largest absolute Gasteiger partial charge is 0.445 e. The van der Waals surface area contributed by atoms with Crippen molar-refractivity contribution in [2.24, 2.45) is 16.9 Å². The van der Waals surface area contributed by atoms with Crippen molar-refractivity contribution >= 4 is 35.6 Å². The molecule has 0 spiro atoms. The molecule has 0 aliphatic carbocycles. The second-order valence-corrected chi connectivity index (χ2v) is 15.5.